The lowest BCUT2D eigenvalue weighted by atomic mass is 10.1. The predicted octanol–water partition coefficient (Wildman–Crippen LogP) is 10.6. The molecular weight excluding hydrogens is 618 g/mol. The highest BCUT2D eigenvalue weighted by Crippen LogP contribution is 2.35. The minimum atomic E-state index is -4.33. The number of hydrogen-bond acceptors (Lipinski definition) is 5. The molecule has 228 valence electrons. The van der Waals surface area contributed by atoms with Gasteiger partial charge in [-0.25, -0.2) is 9.97 Å². The Labute approximate surface area is 254 Å². The first-order chi connectivity index (χ1) is 19.9. The molecule has 0 aliphatic heterocycles. The zero-order valence-corrected chi connectivity index (χ0v) is 25.5. The van der Waals surface area contributed by atoms with E-state index in [1.54, 1.807) is 0 Å². The second-order valence-corrected chi connectivity index (χ2v) is 11.9. The highest BCUT2D eigenvalue weighted by molar-refractivity contribution is 7.15. The van der Waals surface area contributed by atoms with Crippen LogP contribution in [-0.4, -0.2) is 15.1 Å². The highest BCUT2D eigenvalue weighted by atomic mass is 35.5. The molecule has 4 rings (SSSR count). The quantitative estimate of drug-likeness (QED) is 0.137. The van der Waals surface area contributed by atoms with Crippen LogP contribution in [0.4, 0.5) is 26.3 Å². The summed E-state index contributed by atoms with van der Waals surface area (Å²) in [7, 11) is 0. The number of aliphatic hydroxyl groups is 1. The number of benzene rings is 2. The molecule has 0 radical (unpaired) electrons. The van der Waals surface area contributed by atoms with Crippen LogP contribution in [0, 0.1) is 0 Å². The third kappa shape index (κ3) is 9.26. The largest absolute Gasteiger partial charge is 0.416 e. The van der Waals surface area contributed by atoms with Gasteiger partial charge in [-0.2, -0.15) is 26.3 Å². The molecule has 0 saturated heterocycles. The number of nitrogens with zero attached hydrogens (tertiary/aromatic N) is 2. The Morgan fingerprint density at radius 2 is 1.05 bits per heavy atom. The highest BCUT2D eigenvalue weighted by Gasteiger charge is 2.31. The molecule has 0 spiro atoms. The van der Waals surface area contributed by atoms with E-state index in [4.69, 9.17) is 11.6 Å². The van der Waals surface area contributed by atoms with Crippen molar-refractivity contribution in [3.05, 3.63) is 80.8 Å². The molecule has 2 aromatic heterocycles. The van der Waals surface area contributed by atoms with E-state index in [-0.39, 0.29) is 6.61 Å². The molecule has 0 atom stereocenters. The third-order valence-corrected chi connectivity index (χ3v) is 8.98. The molecule has 0 aliphatic rings. The van der Waals surface area contributed by atoms with Crippen molar-refractivity contribution < 1.29 is 31.4 Å². The van der Waals surface area contributed by atoms with Crippen molar-refractivity contribution in [1.82, 2.24) is 9.97 Å². The van der Waals surface area contributed by atoms with Crippen LogP contribution in [0.25, 0.3) is 21.1 Å². The molecule has 0 aliphatic carbocycles. The van der Waals surface area contributed by atoms with Crippen LogP contribution in [-0.2, 0) is 37.7 Å². The zero-order valence-electron chi connectivity index (χ0n) is 23.1. The SMILES string of the molecule is CCCCc1nc(-c2ccc(C(F)(F)F)cc2)sc1CCl.CCCCc1nc(-c2ccc(C(F)(F)F)cc2)sc1CO. The third-order valence-electron chi connectivity index (χ3n) is 6.27. The van der Waals surface area contributed by atoms with E-state index < -0.39 is 23.5 Å². The van der Waals surface area contributed by atoms with Crippen LogP contribution in [0.15, 0.2) is 48.5 Å². The first kappa shape index (κ1) is 34.0. The Morgan fingerprint density at radius 1 is 0.667 bits per heavy atom. The number of aryl methyl sites for hydroxylation is 2. The second-order valence-electron chi connectivity index (χ2n) is 9.43. The standard InChI is InChI=1S/C15H15ClF3NS.C15H16F3NOS/c1-2-3-4-12-13(9-16)21-14(20-12)10-5-7-11(8-6-10)15(17,18)19;1-2-3-4-12-13(9-20)21-14(19-12)10-5-7-11(8-6-10)15(16,17)18/h5-8H,2-4,9H2,1H3;5-8,20H,2-4,9H2,1H3. The van der Waals surface area contributed by atoms with E-state index in [1.807, 2.05) is 0 Å². The lowest BCUT2D eigenvalue weighted by Gasteiger charge is -2.06. The summed E-state index contributed by atoms with van der Waals surface area (Å²) in [5.74, 6) is 0.386. The molecule has 42 heavy (non-hydrogen) atoms. The number of unbranched alkanes of at least 4 members (excludes halogenated alkanes) is 2. The molecule has 0 fully saturated rings. The van der Waals surface area contributed by atoms with Crippen LogP contribution < -0.4 is 0 Å². The molecule has 0 saturated carbocycles. The van der Waals surface area contributed by atoms with E-state index in [9.17, 15) is 31.4 Å². The van der Waals surface area contributed by atoms with Gasteiger partial charge in [-0.15, -0.1) is 34.3 Å². The van der Waals surface area contributed by atoms with Gasteiger partial charge in [-0.05, 0) is 49.9 Å². The summed E-state index contributed by atoms with van der Waals surface area (Å²) in [6.07, 6.45) is -2.91. The smallest absolute Gasteiger partial charge is 0.391 e. The van der Waals surface area contributed by atoms with Crippen LogP contribution in [0.5, 0.6) is 0 Å². The summed E-state index contributed by atoms with van der Waals surface area (Å²) in [6, 6.07) is 10.1. The van der Waals surface area contributed by atoms with Gasteiger partial charge in [0.05, 0.1) is 39.9 Å². The van der Waals surface area contributed by atoms with E-state index in [0.29, 0.717) is 22.0 Å². The van der Waals surface area contributed by atoms with Gasteiger partial charge in [0.25, 0.3) is 0 Å². The number of aromatic nitrogens is 2. The van der Waals surface area contributed by atoms with Crippen molar-refractivity contribution >= 4 is 34.3 Å². The van der Waals surface area contributed by atoms with Crippen molar-refractivity contribution in [3.63, 3.8) is 0 Å². The van der Waals surface area contributed by atoms with Gasteiger partial charge in [-0.1, -0.05) is 51.0 Å². The first-order valence-electron chi connectivity index (χ1n) is 13.4. The fraction of sp³-hybridized carbons (Fsp3) is 0.400. The van der Waals surface area contributed by atoms with Gasteiger partial charge in [0.1, 0.15) is 10.0 Å². The number of halogens is 7. The number of aliphatic hydroxyl groups excluding tert-OH is 1. The summed E-state index contributed by atoms with van der Waals surface area (Å²) in [5, 5.41) is 10.7. The fourth-order valence-electron chi connectivity index (χ4n) is 3.92. The van der Waals surface area contributed by atoms with Crippen LogP contribution >= 0.6 is 34.3 Å². The van der Waals surface area contributed by atoms with Gasteiger partial charge >= 0.3 is 12.4 Å². The number of rotatable bonds is 10. The number of alkyl halides is 7. The lowest BCUT2D eigenvalue weighted by molar-refractivity contribution is -0.138. The molecule has 0 bridgehead atoms. The van der Waals surface area contributed by atoms with Gasteiger partial charge in [0, 0.05) is 16.0 Å². The first-order valence-corrected chi connectivity index (χ1v) is 15.6. The van der Waals surface area contributed by atoms with E-state index in [0.717, 1.165) is 88.9 Å². The maximum Gasteiger partial charge on any atom is 0.416 e. The molecular formula is C30H31ClF6N2OS2. The van der Waals surface area contributed by atoms with Gasteiger partial charge in [0.2, 0.25) is 0 Å². The van der Waals surface area contributed by atoms with E-state index >= 15 is 0 Å². The molecule has 2 heterocycles. The van der Waals surface area contributed by atoms with Crippen molar-refractivity contribution in [2.24, 2.45) is 0 Å². The summed E-state index contributed by atoms with van der Waals surface area (Å²) in [6.45, 7) is 4.09. The van der Waals surface area contributed by atoms with Gasteiger partial charge < -0.3 is 5.11 Å². The summed E-state index contributed by atoms with van der Waals surface area (Å²) in [4.78, 5) is 10.8. The molecule has 12 heteroatoms. The second kappa shape index (κ2) is 15.3. The van der Waals surface area contributed by atoms with Gasteiger partial charge in [-0.3, -0.25) is 0 Å². The summed E-state index contributed by atoms with van der Waals surface area (Å²) in [5.41, 5.74) is 1.83. The maximum atomic E-state index is 12.6. The lowest BCUT2D eigenvalue weighted by Crippen LogP contribution is -2.03. The molecule has 2 aromatic carbocycles. The van der Waals surface area contributed by atoms with Crippen molar-refractivity contribution in [2.45, 2.75) is 77.2 Å². The van der Waals surface area contributed by atoms with Crippen molar-refractivity contribution in [1.29, 1.82) is 0 Å². The van der Waals surface area contributed by atoms with Gasteiger partial charge in [0.15, 0.2) is 0 Å². The molecule has 0 unspecified atom stereocenters. The fourth-order valence-corrected chi connectivity index (χ4v) is 6.18. The average Bonchev–Trinajstić information content (AvgIpc) is 3.58. The zero-order chi connectivity index (χ0) is 30.9. The molecule has 0 amide bonds. The average molecular weight is 649 g/mol. The maximum absolute atomic E-state index is 12.6. The van der Waals surface area contributed by atoms with Crippen molar-refractivity contribution in [3.8, 4) is 21.1 Å². The van der Waals surface area contributed by atoms with Crippen LogP contribution in [0.3, 0.4) is 0 Å². The Bertz CT molecular complexity index is 1290. The molecule has 1 N–H and O–H groups in total. The predicted molar refractivity (Wildman–Crippen MR) is 158 cm³/mol. The minimum absolute atomic E-state index is 0.0860. The Balaban J connectivity index is 0.000000230. The Morgan fingerprint density at radius 3 is 1.38 bits per heavy atom. The number of thiazole rings is 2. The minimum Gasteiger partial charge on any atom is -0.391 e. The molecule has 4 aromatic rings. The monoisotopic (exact) mass is 648 g/mol. The van der Waals surface area contributed by atoms with E-state index in [2.05, 4.69) is 23.8 Å². The topological polar surface area (TPSA) is 46.0 Å². The summed E-state index contributed by atoms with van der Waals surface area (Å²) < 4.78 is 75.3. The van der Waals surface area contributed by atoms with Crippen LogP contribution in [0.1, 0.15) is 71.8 Å². The summed E-state index contributed by atoms with van der Waals surface area (Å²) >= 11 is 8.70. The van der Waals surface area contributed by atoms with Crippen LogP contribution in [0.2, 0.25) is 0 Å². The number of hydrogen-bond donors (Lipinski definition) is 1. The van der Waals surface area contributed by atoms with E-state index in [1.165, 1.54) is 46.9 Å². The van der Waals surface area contributed by atoms with Crippen molar-refractivity contribution in [2.75, 3.05) is 0 Å². The molecule has 3 nitrogen and oxygen atoms in total. The normalized spacial score (nSPS) is 11.9. The Kier molecular flexibility index (Phi) is 12.4. The Hall–Kier alpha value is -2.47.